The van der Waals surface area contributed by atoms with E-state index >= 15 is 0 Å². The van der Waals surface area contributed by atoms with Gasteiger partial charge in [-0.3, -0.25) is 20.3 Å². The number of ether oxygens (including phenoxy) is 2. The molecule has 0 aliphatic carbocycles. The molecule has 0 amide bonds. The number of nitrogens with zero attached hydrogens (tertiary/aromatic N) is 2. The normalized spacial score (nSPS) is 10.3. The summed E-state index contributed by atoms with van der Waals surface area (Å²) in [6, 6.07) is 11.0. The molecule has 0 aliphatic heterocycles. The quantitative estimate of drug-likeness (QED) is 0.194. The van der Waals surface area contributed by atoms with Crippen molar-refractivity contribution >= 4 is 40.9 Å². The summed E-state index contributed by atoms with van der Waals surface area (Å²) in [6.07, 6.45) is 1.47. The van der Waals surface area contributed by atoms with E-state index < -0.39 is 10.9 Å². The Balaban J connectivity index is 2.02. The molecular weight excluding hydrogens is 372 g/mol. The lowest BCUT2D eigenvalue weighted by Gasteiger charge is -2.09. The van der Waals surface area contributed by atoms with Crippen LogP contribution in [0.3, 0.4) is 0 Å². The van der Waals surface area contributed by atoms with Crippen LogP contribution in [0.4, 0.5) is 11.4 Å². The van der Waals surface area contributed by atoms with Crippen LogP contribution < -0.4 is 20.2 Å². The first-order chi connectivity index (χ1) is 12.9. The van der Waals surface area contributed by atoms with E-state index in [0.29, 0.717) is 17.1 Å². The Hall–Kier alpha value is -3.53. The molecule has 0 radical (unpaired) electrons. The molecule has 0 heterocycles. The maximum absolute atomic E-state index is 11.1. The molecule has 0 aromatic heterocycles. The third-order valence-corrected chi connectivity index (χ3v) is 3.36. The van der Waals surface area contributed by atoms with Crippen molar-refractivity contribution in [1.82, 2.24) is 5.43 Å². The van der Waals surface area contributed by atoms with Gasteiger partial charge in [0.25, 0.3) is 5.69 Å². The van der Waals surface area contributed by atoms with Gasteiger partial charge in [-0.05, 0) is 42.0 Å². The van der Waals surface area contributed by atoms with Crippen LogP contribution in [-0.2, 0) is 4.79 Å². The number of anilines is 1. The first-order valence-electron chi connectivity index (χ1n) is 7.60. The van der Waals surface area contributed by atoms with Gasteiger partial charge in [0.05, 0.1) is 18.2 Å². The van der Waals surface area contributed by atoms with E-state index in [-0.39, 0.29) is 16.5 Å². The third-order valence-electron chi connectivity index (χ3n) is 3.17. The molecule has 0 aliphatic rings. The summed E-state index contributed by atoms with van der Waals surface area (Å²) in [4.78, 5) is 21.5. The van der Waals surface area contributed by atoms with Crippen molar-refractivity contribution in [2.75, 3.05) is 12.4 Å². The largest absolute Gasteiger partial charge is 0.493 e. The van der Waals surface area contributed by atoms with Crippen LogP contribution in [0.5, 0.6) is 11.5 Å². The molecule has 2 N–H and O–H groups in total. The highest BCUT2D eigenvalue weighted by Gasteiger charge is 2.13. The number of thiocarbonyl (C=S) groups is 1. The zero-order chi connectivity index (χ0) is 19.8. The lowest BCUT2D eigenvalue weighted by Crippen LogP contribution is -2.24. The molecule has 0 bridgehead atoms. The van der Waals surface area contributed by atoms with Crippen LogP contribution in [0, 0.1) is 10.1 Å². The standard InChI is InChI=1S/C17H16N4O5S/c1-11(22)26-15-8-7-12(9-16(15)25-2)10-18-20-17(27)19-13-5-3-4-6-14(13)21(23)24/h3-10H,1-2H3,(H2,19,20,27)/b18-10-. The molecule has 0 fully saturated rings. The second-order valence-electron chi connectivity index (χ2n) is 5.10. The number of methoxy groups -OCH3 is 1. The number of hydrogen-bond donors (Lipinski definition) is 2. The molecule has 0 saturated heterocycles. The second kappa shape index (κ2) is 9.25. The van der Waals surface area contributed by atoms with Gasteiger partial charge in [0.15, 0.2) is 16.6 Å². The molecule has 2 rings (SSSR count). The molecule has 140 valence electrons. The smallest absolute Gasteiger partial charge is 0.308 e. The molecule has 27 heavy (non-hydrogen) atoms. The number of carbonyl (C=O) groups is 1. The summed E-state index contributed by atoms with van der Waals surface area (Å²) in [6.45, 7) is 1.30. The van der Waals surface area contributed by atoms with Gasteiger partial charge >= 0.3 is 5.97 Å². The highest BCUT2D eigenvalue weighted by Crippen LogP contribution is 2.27. The lowest BCUT2D eigenvalue weighted by atomic mass is 10.2. The summed E-state index contributed by atoms with van der Waals surface area (Å²) in [5.74, 6) is 0.209. The Morgan fingerprint density at radius 1 is 1.26 bits per heavy atom. The first kappa shape index (κ1) is 19.8. The maximum atomic E-state index is 11.1. The average Bonchev–Trinajstić information content (AvgIpc) is 2.62. The monoisotopic (exact) mass is 388 g/mol. The molecule has 10 heteroatoms. The van der Waals surface area contributed by atoms with E-state index in [1.165, 1.54) is 32.4 Å². The highest BCUT2D eigenvalue weighted by molar-refractivity contribution is 7.80. The van der Waals surface area contributed by atoms with Gasteiger partial charge in [-0.15, -0.1) is 0 Å². The van der Waals surface area contributed by atoms with Crippen LogP contribution in [0.1, 0.15) is 12.5 Å². The van der Waals surface area contributed by atoms with Crippen molar-refractivity contribution in [3.63, 3.8) is 0 Å². The Labute approximate surface area is 160 Å². The fourth-order valence-electron chi connectivity index (χ4n) is 2.06. The van der Waals surface area contributed by atoms with Gasteiger partial charge in [-0.1, -0.05) is 12.1 Å². The van der Waals surface area contributed by atoms with Crippen LogP contribution in [0.15, 0.2) is 47.6 Å². The second-order valence-corrected chi connectivity index (χ2v) is 5.51. The van der Waals surface area contributed by atoms with Gasteiger partial charge < -0.3 is 14.8 Å². The van der Waals surface area contributed by atoms with Crippen molar-refractivity contribution in [3.05, 3.63) is 58.1 Å². The Morgan fingerprint density at radius 2 is 2.00 bits per heavy atom. The molecule has 0 spiro atoms. The zero-order valence-electron chi connectivity index (χ0n) is 14.5. The fourth-order valence-corrected chi connectivity index (χ4v) is 2.22. The van der Waals surface area contributed by atoms with E-state index in [1.807, 2.05) is 0 Å². The molecule has 0 unspecified atom stereocenters. The number of nitro groups is 1. The predicted molar refractivity (Wildman–Crippen MR) is 104 cm³/mol. The van der Waals surface area contributed by atoms with E-state index in [9.17, 15) is 14.9 Å². The van der Waals surface area contributed by atoms with Gasteiger partial charge in [0.1, 0.15) is 5.69 Å². The summed E-state index contributed by atoms with van der Waals surface area (Å²) >= 11 is 5.07. The van der Waals surface area contributed by atoms with Gasteiger partial charge in [-0.2, -0.15) is 5.10 Å². The van der Waals surface area contributed by atoms with E-state index in [0.717, 1.165) is 0 Å². The number of para-hydroxylation sites is 2. The topological polar surface area (TPSA) is 115 Å². The Bertz CT molecular complexity index is 901. The minimum Gasteiger partial charge on any atom is -0.493 e. The fraction of sp³-hybridized carbons (Fsp3) is 0.118. The minimum atomic E-state index is -0.509. The van der Waals surface area contributed by atoms with Crippen molar-refractivity contribution in [2.24, 2.45) is 5.10 Å². The average molecular weight is 388 g/mol. The van der Waals surface area contributed by atoms with E-state index in [1.54, 1.807) is 30.3 Å². The van der Waals surface area contributed by atoms with E-state index in [4.69, 9.17) is 21.7 Å². The number of hydrazone groups is 1. The van der Waals surface area contributed by atoms with Crippen LogP contribution in [0.2, 0.25) is 0 Å². The van der Waals surface area contributed by atoms with Crippen molar-refractivity contribution in [3.8, 4) is 11.5 Å². The van der Waals surface area contributed by atoms with Gasteiger partial charge in [0.2, 0.25) is 0 Å². The molecule has 0 atom stereocenters. The SMILES string of the molecule is COc1cc(/C=N\NC(=S)Nc2ccccc2[N+](=O)[O-])ccc1OC(C)=O. The van der Waals surface area contributed by atoms with Gasteiger partial charge in [0, 0.05) is 13.0 Å². The minimum absolute atomic E-state index is 0.0871. The summed E-state index contributed by atoms with van der Waals surface area (Å²) < 4.78 is 10.2. The predicted octanol–water partition coefficient (Wildman–Crippen LogP) is 2.85. The molecule has 2 aromatic rings. The number of carbonyl (C=O) groups excluding carboxylic acids is 1. The van der Waals surface area contributed by atoms with Crippen LogP contribution >= 0.6 is 12.2 Å². The number of esters is 1. The number of hydrogen-bond acceptors (Lipinski definition) is 7. The van der Waals surface area contributed by atoms with Crippen molar-refractivity contribution in [2.45, 2.75) is 6.92 Å². The Kier molecular flexibility index (Phi) is 6.78. The molecule has 2 aromatic carbocycles. The zero-order valence-corrected chi connectivity index (χ0v) is 15.3. The van der Waals surface area contributed by atoms with Crippen molar-refractivity contribution < 1.29 is 19.2 Å². The summed E-state index contributed by atoms with van der Waals surface area (Å²) in [5, 5.41) is 17.8. The summed E-state index contributed by atoms with van der Waals surface area (Å²) in [7, 11) is 1.45. The number of nitro benzene ring substituents is 1. The molecule has 0 saturated carbocycles. The number of benzene rings is 2. The third kappa shape index (κ3) is 5.75. The maximum Gasteiger partial charge on any atom is 0.308 e. The van der Waals surface area contributed by atoms with Gasteiger partial charge in [-0.25, -0.2) is 0 Å². The first-order valence-corrected chi connectivity index (χ1v) is 8.01. The summed E-state index contributed by atoms with van der Waals surface area (Å²) in [5.41, 5.74) is 3.38. The van der Waals surface area contributed by atoms with Crippen molar-refractivity contribution in [1.29, 1.82) is 0 Å². The number of nitrogens with one attached hydrogen (secondary N) is 2. The van der Waals surface area contributed by atoms with Crippen LogP contribution in [0.25, 0.3) is 0 Å². The number of rotatable bonds is 6. The molecule has 9 nitrogen and oxygen atoms in total. The van der Waals surface area contributed by atoms with Crippen LogP contribution in [-0.4, -0.2) is 29.3 Å². The Morgan fingerprint density at radius 3 is 2.67 bits per heavy atom. The highest BCUT2D eigenvalue weighted by atomic mass is 32.1. The van der Waals surface area contributed by atoms with E-state index in [2.05, 4.69) is 15.8 Å². The lowest BCUT2D eigenvalue weighted by molar-refractivity contribution is -0.383. The molecular formula is C17H16N4O5S.